The maximum atomic E-state index is 11.3. The van der Waals surface area contributed by atoms with E-state index in [0.717, 1.165) is 5.52 Å². The van der Waals surface area contributed by atoms with E-state index in [1.165, 1.54) is 2.78 Å². The van der Waals surface area contributed by atoms with Gasteiger partial charge in [-0.1, -0.05) is 0 Å². The van der Waals surface area contributed by atoms with Crippen molar-refractivity contribution in [1.29, 1.82) is 0 Å². The molecule has 1 atom stereocenters. The normalized spacial score (nSPS) is 10.5. The Hall–Kier alpha value is -0.880. The maximum absolute atomic E-state index is 11.3. The molecule has 1 unspecified atom stereocenters. The van der Waals surface area contributed by atoms with Crippen molar-refractivity contribution in [3.63, 3.8) is 0 Å². The number of nitrogens with zero attached hydrogens (tertiary/aromatic N) is 1. The van der Waals surface area contributed by atoms with Gasteiger partial charge in [-0.15, -0.1) is 0 Å². The molecular formula is C8H6IN2O3P. The highest BCUT2D eigenvalue weighted by molar-refractivity contribution is 14.1. The van der Waals surface area contributed by atoms with E-state index in [1.807, 2.05) is 32.3 Å². The average Bonchev–Trinajstić information content (AvgIpc) is 2.53. The number of carbonyl (C=O) groups is 1. The standard InChI is InChI=1S/C8H6IN2O3P/c9-11-6-2-1-4(7(12)14-15)3-5(6)10-8(11)13/h1-3H,15H2,(H,10,13). The first-order chi connectivity index (χ1) is 7.13. The van der Waals surface area contributed by atoms with Crippen molar-refractivity contribution in [1.82, 2.24) is 7.76 Å². The Morgan fingerprint density at radius 1 is 1.53 bits per heavy atom. The minimum atomic E-state index is -0.455. The quantitative estimate of drug-likeness (QED) is 0.634. The summed E-state index contributed by atoms with van der Waals surface area (Å²) >= 11 is 1.89. The molecule has 0 amide bonds. The Balaban J connectivity index is 2.67. The van der Waals surface area contributed by atoms with Gasteiger partial charge in [0, 0.05) is 0 Å². The van der Waals surface area contributed by atoms with Gasteiger partial charge in [0.05, 0.1) is 48.9 Å². The Kier molecular flexibility index (Phi) is 2.79. The highest BCUT2D eigenvalue weighted by atomic mass is 127. The van der Waals surface area contributed by atoms with Crippen molar-refractivity contribution < 1.29 is 9.32 Å². The molecule has 78 valence electrons. The molecule has 1 N–H and O–H groups in total. The lowest BCUT2D eigenvalue weighted by atomic mass is 10.2. The Labute approximate surface area is 101 Å². The SMILES string of the molecule is O=C(OP)c1ccc2c(c1)[nH]c(=O)n2I. The number of hydrogen-bond acceptors (Lipinski definition) is 3. The van der Waals surface area contributed by atoms with Gasteiger partial charge in [-0.3, -0.25) is 0 Å². The zero-order valence-electron chi connectivity index (χ0n) is 7.36. The van der Waals surface area contributed by atoms with E-state index in [2.05, 4.69) is 9.51 Å². The second-order valence-electron chi connectivity index (χ2n) is 2.85. The molecule has 0 spiro atoms. The number of fused-ring (bicyclic) bond motifs is 1. The largest absolute Gasteiger partial charge is 0.448 e. The third-order valence-electron chi connectivity index (χ3n) is 1.97. The number of benzene rings is 1. The number of H-pyrrole nitrogens is 1. The fourth-order valence-corrected chi connectivity index (χ4v) is 1.95. The van der Waals surface area contributed by atoms with Crippen LogP contribution in [-0.2, 0) is 4.52 Å². The van der Waals surface area contributed by atoms with Crippen LogP contribution in [0.15, 0.2) is 23.0 Å². The van der Waals surface area contributed by atoms with Gasteiger partial charge in [0.15, 0.2) is 0 Å². The Morgan fingerprint density at radius 2 is 2.27 bits per heavy atom. The lowest BCUT2D eigenvalue weighted by Crippen LogP contribution is -2.06. The lowest BCUT2D eigenvalue weighted by Gasteiger charge is -1.98. The molecule has 7 heteroatoms. The van der Waals surface area contributed by atoms with Crippen molar-refractivity contribution in [2.24, 2.45) is 0 Å². The summed E-state index contributed by atoms with van der Waals surface area (Å²) in [6, 6.07) is 4.88. The minimum Gasteiger partial charge on any atom is -0.448 e. The number of nitrogens with one attached hydrogen (secondary N) is 1. The molecule has 1 aromatic heterocycles. The molecule has 15 heavy (non-hydrogen) atoms. The monoisotopic (exact) mass is 336 g/mol. The van der Waals surface area contributed by atoms with E-state index in [1.54, 1.807) is 18.2 Å². The van der Waals surface area contributed by atoms with Gasteiger partial charge < -0.3 is 9.51 Å². The van der Waals surface area contributed by atoms with E-state index >= 15 is 0 Å². The van der Waals surface area contributed by atoms with E-state index in [9.17, 15) is 9.59 Å². The number of rotatable bonds is 1. The molecule has 0 fully saturated rings. The minimum absolute atomic E-state index is 0.220. The summed E-state index contributed by atoms with van der Waals surface area (Å²) in [5.74, 6) is -0.455. The number of hydrogen-bond donors (Lipinski definition) is 1. The van der Waals surface area contributed by atoms with Crippen molar-refractivity contribution in [2.75, 3.05) is 0 Å². The van der Waals surface area contributed by atoms with Crippen LogP contribution in [0.2, 0.25) is 0 Å². The van der Waals surface area contributed by atoms with Crippen molar-refractivity contribution in [2.45, 2.75) is 0 Å². The smallest absolute Gasteiger partial charge is 0.340 e. The van der Waals surface area contributed by atoms with E-state index < -0.39 is 5.97 Å². The van der Waals surface area contributed by atoms with Gasteiger partial charge in [-0.2, -0.15) is 0 Å². The number of aromatic amines is 1. The van der Waals surface area contributed by atoms with Crippen molar-refractivity contribution >= 4 is 49.3 Å². The molecule has 1 heterocycles. The molecule has 0 saturated carbocycles. The number of carbonyl (C=O) groups excluding carboxylic acids is 1. The van der Waals surface area contributed by atoms with Crippen molar-refractivity contribution in [3.8, 4) is 0 Å². The van der Waals surface area contributed by atoms with Crippen LogP contribution in [0.1, 0.15) is 10.4 Å². The summed E-state index contributed by atoms with van der Waals surface area (Å²) in [5, 5.41) is 0. The number of halogens is 1. The van der Waals surface area contributed by atoms with Crippen LogP contribution in [-0.4, -0.2) is 13.7 Å². The number of imidazole rings is 1. The summed E-state index contributed by atoms with van der Waals surface area (Å²) < 4.78 is 5.95. The van der Waals surface area contributed by atoms with Crippen LogP contribution < -0.4 is 5.69 Å². The topological polar surface area (TPSA) is 64.1 Å². The predicted molar refractivity (Wildman–Crippen MR) is 67.1 cm³/mol. The molecule has 0 aliphatic heterocycles. The lowest BCUT2D eigenvalue weighted by molar-refractivity contribution is 0.0766. The summed E-state index contributed by atoms with van der Waals surface area (Å²) in [5.41, 5.74) is 1.53. The second-order valence-corrected chi connectivity index (χ2v) is 4.05. The highest BCUT2D eigenvalue weighted by Crippen LogP contribution is 2.15. The molecule has 0 radical (unpaired) electrons. The second kappa shape index (κ2) is 3.94. The van der Waals surface area contributed by atoms with E-state index in [0.29, 0.717) is 11.1 Å². The van der Waals surface area contributed by atoms with Crippen LogP contribution in [0.5, 0.6) is 0 Å². The number of aromatic nitrogens is 2. The van der Waals surface area contributed by atoms with Crippen LogP contribution in [0.25, 0.3) is 11.0 Å². The molecule has 5 nitrogen and oxygen atoms in total. The predicted octanol–water partition coefficient (Wildman–Crippen LogP) is 1.47. The van der Waals surface area contributed by atoms with Crippen LogP contribution in [0.3, 0.4) is 0 Å². The van der Waals surface area contributed by atoms with Gasteiger partial charge in [-0.25, -0.2) is 12.4 Å². The maximum Gasteiger partial charge on any atom is 0.340 e. The molecule has 0 aliphatic carbocycles. The van der Waals surface area contributed by atoms with Gasteiger partial charge in [0.25, 0.3) is 0 Å². The van der Waals surface area contributed by atoms with E-state index in [-0.39, 0.29) is 5.69 Å². The van der Waals surface area contributed by atoms with Gasteiger partial charge in [0.1, 0.15) is 0 Å². The Morgan fingerprint density at radius 3 is 2.93 bits per heavy atom. The molecule has 2 rings (SSSR count). The zero-order chi connectivity index (χ0) is 11.0. The fourth-order valence-electron chi connectivity index (χ4n) is 1.28. The average molecular weight is 336 g/mol. The third-order valence-corrected chi connectivity index (χ3v) is 3.14. The summed E-state index contributed by atoms with van der Waals surface area (Å²) in [6.45, 7) is 0. The zero-order valence-corrected chi connectivity index (χ0v) is 10.7. The Bertz CT molecular complexity index is 589. The van der Waals surface area contributed by atoms with Gasteiger partial charge in [-0.05, 0) is 18.2 Å². The van der Waals surface area contributed by atoms with Crippen LogP contribution >= 0.6 is 32.3 Å². The molecular weight excluding hydrogens is 330 g/mol. The first-order valence-corrected chi connectivity index (χ1v) is 5.39. The van der Waals surface area contributed by atoms with Crippen LogP contribution in [0.4, 0.5) is 0 Å². The first kappa shape index (κ1) is 10.6. The van der Waals surface area contributed by atoms with Crippen LogP contribution in [0, 0.1) is 0 Å². The summed E-state index contributed by atoms with van der Waals surface area (Å²) in [6.07, 6.45) is 0. The molecule has 2 aromatic rings. The molecule has 0 bridgehead atoms. The molecule has 0 aliphatic rings. The van der Waals surface area contributed by atoms with E-state index in [4.69, 9.17) is 0 Å². The summed E-state index contributed by atoms with van der Waals surface area (Å²) in [7, 11) is 1.89. The summed E-state index contributed by atoms with van der Waals surface area (Å²) in [4.78, 5) is 25.1. The third kappa shape index (κ3) is 1.79. The fraction of sp³-hybridized carbons (Fsp3) is 0. The van der Waals surface area contributed by atoms with Gasteiger partial charge in [0.2, 0.25) is 0 Å². The van der Waals surface area contributed by atoms with Gasteiger partial charge >= 0.3 is 11.7 Å². The first-order valence-electron chi connectivity index (χ1n) is 3.95. The molecule has 0 saturated heterocycles. The molecule has 1 aromatic carbocycles. The highest BCUT2D eigenvalue weighted by Gasteiger charge is 2.09. The van der Waals surface area contributed by atoms with Crippen molar-refractivity contribution in [3.05, 3.63) is 34.2 Å².